The van der Waals surface area contributed by atoms with Crippen molar-refractivity contribution < 1.29 is 9.90 Å². The molecule has 0 amide bonds. The lowest BCUT2D eigenvalue weighted by Crippen LogP contribution is -2.40. The molecule has 2 aliphatic rings. The number of likely N-dealkylation sites (tertiary alicyclic amines) is 1. The van der Waals surface area contributed by atoms with E-state index in [4.69, 9.17) is 5.11 Å². The number of hydrogen-bond acceptors (Lipinski definition) is 2. The van der Waals surface area contributed by atoms with Crippen molar-refractivity contribution in [1.82, 2.24) is 4.90 Å². The minimum atomic E-state index is -0.671. The molecule has 0 saturated carbocycles. The molecule has 1 unspecified atom stereocenters. The maximum absolute atomic E-state index is 11.0. The van der Waals surface area contributed by atoms with E-state index in [1.165, 1.54) is 48.8 Å². The highest BCUT2D eigenvalue weighted by atomic mass is 16.4. The lowest BCUT2D eigenvalue weighted by atomic mass is 9.98. The van der Waals surface area contributed by atoms with Crippen LogP contribution >= 0.6 is 0 Å². The maximum Gasteiger partial charge on any atom is 0.304 e. The number of aryl methyl sites for hydroxylation is 2. The SMILES string of the molecule is O=C(O)CC1CCCCN1Cc1ccc2c(c1)CCC2. The zero-order valence-corrected chi connectivity index (χ0v) is 12.0. The molecule has 1 saturated heterocycles. The monoisotopic (exact) mass is 273 g/mol. The Morgan fingerprint density at radius 1 is 1.20 bits per heavy atom. The van der Waals surface area contributed by atoms with Crippen LogP contribution < -0.4 is 0 Å². The van der Waals surface area contributed by atoms with Gasteiger partial charge in [-0.1, -0.05) is 24.6 Å². The fraction of sp³-hybridized carbons (Fsp3) is 0.588. The van der Waals surface area contributed by atoms with Crippen LogP contribution in [0.5, 0.6) is 0 Å². The Hall–Kier alpha value is -1.35. The Morgan fingerprint density at radius 2 is 2.05 bits per heavy atom. The van der Waals surface area contributed by atoms with E-state index in [0.717, 1.165) is 19.5 Å². The molecule has 0 radical (unpaired) electrons. The van der Waals surface area contributed by atoms with Gasteiger partial charge in [0.1, 0.15) is 0 Å². The highest BCUT2D eigenvalue weighted by Gasteiger charge is 2.24. The molecule has 1 fully saturated rings. The van der Waals surface area contributed by atoms with E-state index in [1.807, 2.05) is 0 Å². The number of carboxylic acid groups (broad SMARTS) is 1. The summed E-state index contributed by atoms with van der Waals surface area (Å²) in [5.41, 5.74) is 4.37. The number of nitrogens with zero attached hydrogens (tertiary/aromatic N) is 1. The Bertz CT molecular complexity index is 498. The second kappa shape index (κ2) is 5.96. The van der Waals surface area contributed by atoms with Gasteiger partial charge in [-0.3, -0.25) is 9.69 Å². The summed E-state index contributed by atoms with van der Waals surface area (Å²) in [4.78, 5) is 13.4. The van der Waals surface area contributed by atoms with Crippen LogP contribution in [0.2, 0.25) is 0 Å². The molecule has 3 heteroatoms. The highest BCUT2D eigenvalue weighted by molar-refractivity contribution is 5.67. The topological polar surface area (TPSA) is 40.5 Å². The molecule has 1 aromatic carbocycles. The summed E-state index contributed by atoms with van der Waals surface area (Å²) < 4.78 is 0. The fourth-order valence-electron chi connectivity index (χ4n) is 3.66. The molecule has 0 aromatic heterocycles. The normalized spacial score (nSPS) is 22.7. The van der Waals surface area contributed by atoms with E-state index in [-0.39, 0.29) is 12.5 Å². The number of carboxylic acids is 1. The molecule has 20 heavy (non-hydrogen) atoms. The highest BCUT2D eigenvalue weighted by Crippen LogP contribution is 2.26. The first-order chi connectivity index (χ1) is 9.72. The van der Waals surface area contributed by atoms with Crippen molar-refractivity contribution in [2.75, 3.05) is 6.54 Å². The van der Waals surface area contributed by atoms with Gasteiger partial charge in [0.05, 0.1) is 6.42 Å². The number of fused-ring (bicyclic) bond motifs is 1. The average Bonchev–Trinajstić information content (AvgIpc) is 2.88. The van der Waals surface area contributed by atoms with Crippen LogP contribution in [-0.4, -0.2) is 28.6 Å². The zero-order valence-electron chi connectivity index (χ0n) is 12.0. The van der Waals surface area contributed by atoms with Crippen LogP contribution in [-0.2, 0) is 24.2 Å². The van der Waals surface area contributed by atoms with Gasteiger partial charge in [-0.25, -0.2) is 0 Å². The molecule has 1 N–H and O–H groups in total. The lowest BCUT2D eigenvalue weighted by Gasteiger charge is -2.35. The third kappa shape index (κ3) is 3.04. The van der Waals surface area contributed by atoms with Crippen LogP contribution in [0.4, 0.5) is 0 Å². The second-order valence-electron chi connectivity index (χ2n) is 6.17. The quantitative estimate of drug-likeness (QED) is 0.916. The Kier molecular flexibility index (Phi) is 4.06. The third-order valence-corrected chi connectivity index (χ3v) is 4.71. The van der Waals surface area contributed by atoms with Crippen LogP contribution in [0, 0.1) is 0 Å². The van der Waals surface area contributed by atoms with Crippen molar-refractivity contribution in [2.45, 2.75) is 57.5 Å². The van der Waals surface area contributed by atoms with Gasteiger partial charge in [0.15, 0.2) is 0 Å². The van der Waals surface area contributed by atoms with E-state index in [2.05, 4.69) is 23.1 Å². The van der Waals surface area contributed by atoms with Gasteiger partial charge in [-0.05, 0) is 55.3 Å². The summed E-state index contributed by atoms with van der Waals surface area (Å²) in [5, 5.41) is 9.05. The molecule has 0 spiro atoms. The van der Waals surface area contributed by atoms with Crippen LogP contribution in [0.25, 0.3) is 0 Å². The van der Waals surface area contributed by atoms with Gasteiger partial charge in [0.25, 0.3) is 0 Å². The molecular weight excluding hydrogens is 250 g/mol. The largest absolute Gasteiger partial charge is 0.481 e. The van der Waals surface area contributed by atoms with E-state index < -0.39 is 5.97 Å². The average molecular weight is 273 g/mol. The molecule has 3 nitrogen and oxygen atoms in total. The van der Waals surface area contributed by atoms with Gasteiger partial charge in [-0.15, -0.1) is 0 Å². The molecule has 0 bridgehead atoms. The summed E-state index contributed by atoms with van der Waals surface area (Å²) in [7, 11) is 0. The van der Waals surface area contributed by atoms with Crippen LogP contribution in [0.3, 0.4) is 0 Å². The van der Waals surface area contributed by atoms with E-state index in [1.54, 1.807) is 0 Å². The second-order valence-corrected chi connectivity index (χ2v) is 6.17. The number of aliphatic carboxylic acids is 1. The van der Waals surface area contributed by atoms with Gasteiger partial charge in [0, 0.05) is 12.6 Å². The van der Waals surface area contributed by atoms with Crippen molar-refractivity contribution in [3.8, 4) is 0 Å². The number of benzene rings is 1. The van der Waals surface area contributed by atoms with Crippen LogP contribution in [0.1, 0.15) is 48.8 Å². The predicted octanol–water partition coefficient (Wildman–Crippen LogP) is 3.00. The van der Waals surface area contributed by atoms with Gasteiger partial charge in [-0.2, -0.15) is 0 Å². The first-order valence-electron chi connectivity index (χ1n) is 7.79. The first kappa shape index (κ1) is 13.6. The molecular formula is C17H23NO2. The Morgan fingerprint density at radius 3 is 2.90 bits per heavy atom. The van der Waals surface area contributed by atoms with E-state index in [0.29, 0.717) is 0 Å². The van der Waals surface area contributed by atoms with Crippen LogP contribution in [0.15, 0.2) is 18.2 Å². The van der Waals surface area contributed by atoms with Crippen molar-refractivity contribution in [1.29, 1.82) is 0 Å². The molecule has 108 valence electrons. The lowest BCUT2D eigenvalue weighted by molar-refractivity contribution is -0.138. The third-order valence-electron chi connectivity index (χ3n) is 4.71. The molecule has 1 aliphatic heterocycles. The molecule has 1 aromatic rings. The van der Waals surface area contributed by atoms with Crippen molar-refractivity contribution in [3.05, 3.63) is 34.9 Å². The molecule has 3 rings (SSSR count). The van der Waals surface area contributed by atoms with Crippen molar-refractivity contribution >= 4 is 5.97 Å². The first-order valence-corrected chi connectivity index (χ1v) is 7.79. The minimum absolute atomic E-state index is 0.217. The van der Waals surface area contributed by atoms with E-state index in [9.17, 15) is 4.79 Å². The summed E-state index contributed by atoms with van der Waals surface area (Å²) in [6.07, 6.45) is 7.38. The number of carbonyl (C=O) groups is 1. The number of piperidine rings is 1. The summed E-state index contributed by atoms with van der Waals surface area (Å²) in [6, 6.07) is 7.06. The van der Waals surface area contributed by atoms with Crippen molar-refractivity contribution in [2.24, 2.45) is 0 Å². The number of rotatable bonds is 4. The maximum atomic E-state index is 11.0. The Balaban J connectivity index is 1.70. The smallest absolute Gasteiger partial charge is 0.304 e. The Labute approximate surface area is 120 Å². The van der Waals surface area contributed by atoms with Gasteiger partial charge >= 0.3 is 5.97 Å². The molecule has 1 atom stereocenters. The van der Waals surface area contributed by atoms with E-state index >= 15 is 0 Å². The molecule has 1 aliphatic carbocycles. The summed E-state index contributed by atoms with van der Waals surface area (Å²) >= 11 is 0. The summed E-state index contributed by atoms with van der Waals surface area (Å²) in [6.45, 7) is 1.94. The number of hydrogen-bond donors (Lipinski definition) is 1. The fourth-order valence-corrected chi connectivity index (χ4v) is 3.66. The van der Waals surface area contributed by atoms with Gasteiger partial charge < -0.3 is 5.11 Å². The summed E-state index contributed by atoms with van der Waals surface area (Å²) in [5.74, 6) is -0.671. The minimum Gasteiger partial charge on any atom is -0.481 e. The predicted molar refractivity (Wildman–Crippen MR) is 78.8 cm³/mol. The van der Waals surface area contributed by atoms with Crippen molar-refractivity contribution in [3.63, 3.8) is 0 Å². The molecule has 1 heterocycles. The zero-order chi connectivity index (χ0) is 13.9. The van der Waals surface area contributed by atoms with Gasteiger partial charge in [0.2, 0.25) is 0 Å². The standard InChI is InChI=1S/C17H23NO2/c19-17(20)11-16-6-1-2-9-18(16)12-13-7-8-14-4-3-5-15(14)10-13/h7-8,10,16H,1-6,9,11-12H2,(H,19,20).